The van der Waals surface area contributed by atoms with Gasteiger partial charge in [-0.3, -0.25) is 9.69 Å². The van der Waals surface area contributed by atoms with Gasteiger partial charge in [0.25, 0.3) is 5.91 Å². The highest BCUT2D eigenvalue weighted by molar-refractivity contribution is 9.10. The van der Waals surface area contributed by atoms with Crippen LogP contribution in [0.4, 0.5) is 0 Å². The Labute approximate surface area is 162 Å². The lowest BCUT2D eigenvalue weighted by atomic mass is 10.00. The summed E-state index contributed by atoms with van der Waals surface area (Å²) < 4.78 is 6.71. The molecule has 0 aromatic heterocycles. The minimum absolute atomic E-state index is 0.0221. The molecule has 0 bridgehead atoms. The van der Waals surface area contributed by atoms with Crippen molar-refractivity contribution >= 4 is 21.8 Å². The molecule has 0 radical (unpaired) electrons. The zero-order valence-corrected chi connectivity index (χ0v) is 16.3. The zero-order valence-electron chi connectivity index (χ0n) is 14.7. The van der Waals surface area contributed by atoms with Crippen molar-refractivity contribution in [2.45, 2.75) is 31.8 Å². The van der Waals surface area contributed by atoms with E-state index in [9.17, 15) is 4.79 Å². The first-order chi connectivity index (χ1) is 12.7. The Hall–Kier alpha value is -1.85. The Morgan fingerprint density at radius 1 is 1.19 bits per heavy atom. The van der Waals surface area contributed by atoms with Crippen molar-refractivity contribution in [2.24, 2.45) is 0 Å². The molecule has 1 N–H and O–H groups in total. The van der Waals surface area contributed by atoms with E-state index in [2.05, 4.69) is 32.2 Å². The van der Waals surface area contributed by atoms with Crippen LogP contribution in [0.5, 0.6) is 5.75 Å². The summed E-state index contributed by atoms with van der Waals surface area (Å²) in [7, 11) is 0. The molecular weight excluding hydrogens is 392 g/mol. The quantitative estimate of drug-likeness (QED) is 0.810. The van der Waals surface area contributed by atoms with E-state index in [-0.39, 0.29) is 11.9 Å². The van der Waals surface area contributed by atoms with Gasteiger partial charge in [0.1, 0.15) is 5.75 Å². The van der Waals surface area contributed by atoms with Gasteiger partial charge in [0, 0.05) is 28.6 Å². The maximum atomic E-state index is 12.8. The SMILES string of the molecule is O=C(NC1CCOc2ccc(Br)cc21)c1cccc(CN2CCCC2)c1. The fourth-order valence-electron chi connectivity index (χ4n) is 3.77. The number of hydrogen-bond donors (Lipinski definition) is 1. The molecular formula is C21H23BrN2O2. The first-order valence-electron chi connectivity index (χ1n) is 9.23. The molecule has 26 heavy (non-hydrogen) atoms. The largest absolute Gasteiger partial charge is 0.493 e. The Morgan fingerprint density at radius 2 is 2.04 bits per heavy atom. The number of rotatable bonds is 4. The van der Waals surface area contributed by atoms with Gasteiger partial charge in [-0.15, -0.1) is 0 Å². The summed E-state index contributed by atoms with van der Waals surface area (Å²) >= 11 is 3.51. The van der Waals surface area contributed by atoms with Crippen LogP contribution in [0.2, 0.25) is 0 Å². The molecule has 0 aliphatic carbocycles. The molecule has 1 unspecified atom stereocenters. The first kappa shape index (κ1) is 17.6. The topological polar surface area (TPSA) is 41.6 Å². The van der Waals surface area contributed by atoms with Crippen LogP contribution in [-0.4, -0.2) is 30.5 Å². The van der Waals surface area contributed by atoms with E-state index in [0.29, 0.717) is 6.61 Å². The normalized spacial score (nSPS) is 19.7. The van der Waals surface area contributed by atoms with Gasteiger partial charge in [-0.1, -0.05) is 28.1 Å². The maximum Gasteiger partial charge on any atom is 0.251 e. The second-order valence-electron chi connectivity index (χ2n) is 7.03. The van der Waals surface area contributed by atoms with Gasteiger partial charge in [-0.2, -0.15) is 0 Å². The Bertz CT molecular complexity index is 802. The monoisotopic (exact) mass is 414 g/mol. The van der Waals surface area contributed by atoms with E-state index in [1.165, 1.54) is 18.4 Å². The molecule has 4 rings (SSSR count). The molecule has 4 nitrogen and oxygen atoms in total. The summed E-state index contributed by atoms with van der Waals surface area (Å²) in [4.78, 5) is 15.3. The van der Waals surface area contributed by atoms with Crippen molar-refractivity contribution in [3.8, 4) is 5.75 Å². The summed E-state index contributed by atoms with van der Waals surface area (Å²) in [5.41, 5.74) is 2.96. The summed E-state index contributed by atoms with van der Waals surface area (Å²) in [6.45, 7) is 3.86. The number of carbonyl (C=O) groups is 1. The maximum absolute atomic E-state index is 12.8. The van der Waals surface area contributed by atoms with Gasteiger partial charge >= 0.3 is 0 Å². The third-order valence-corrected chi connectivity index (χ3v) is 5.60. The van der Waals surface area contributed by atoms with Crippen LogP contribution in [0.1, 0.15) is 46.8 Å². The number of hydrogen-bond acceptors (Lipinski definition) is 3. The third-order valence-electron chi connectivity index (χ3n) is 5.11. The Balaban J connectivity index is 1.48. The molecule has 2 aliphatic rings. The van der Waals surface area contributed by atoms with Crippen LogP contribution in [0.15, 0.2) is 46.9 Å². The second kappa shape index (κ2) is 7.80. The molecule has 1 saturated heterocycles. The summed E-state index contributed by atoms with van der Waals surface area (Å²) in [5.74, 6) is 0.832. The van der Waals surface area contributed by atoms with Gasteiger partial charge in [-0.25, -0.2) is 0 Å². The third kappa shape index (κ3) is 3.94. The number of likely N-dealkylation sites (tertiary alicyclic amines) is 1. The van der Waals surface area contributed by atoms with E-state index >= 15 is 0 Å². The highest BCUT2D eigenvalue weighted by Gasteiger charge is 2.24. The molecule has 1 amide bonds. The zero-order chi connectivity index (χ0) is 17.9. The highest BCUT2D eigenvalue weighted by Crippen LogP contribution is 2.34. The average Bonchev–Trinajstić information content (AvgIpc) is 3.15. The minimum Gasteiger partial charge on any atom is -0.493 e. The second-order valence-corrected chi connectivity index (χ2v) is 7.94. The number of nitrogens with one attached hydrogen (secondary N) is 1. The van der Waals surface area contributed by atoms with Crippen molar-refractivity contribution in [1.29, 1.82) is 0 Å². The van der Waals surface area contributed by atoms with Crippen LogP contribution >= 0.6 is 15.9 Å². The number of nitrogens with zero attached hydrogens (tertiary/aromatic N) is 1. The molecule has 136 valence electrons. The fourth-order valence-corrected chi connectivity index (χ4v) is 4.15. The number of halogens is 1. The van der Waals surface area contributed by atoms with Crippen LogP contribution in [-0.2, 0) is 6.54 Å². The molecule has 2 aromatic carbocycles. The smallest absolute Gasteiger partial charge is 0.251 e. The van der Waals surface area contributed by atoms with Crippen molar-refractivity contribution in [3.63, 3.8) is 0 Å². The first-order valence-corrected chi connectivity index (χ1v) is 10.0. The summed E-state index contributed by atoms with van der Waals surface area (Å²) in [5, 5.41) is 3.19. The van der Waals surface area contributed by atoms with E-state index < -0.39 is 0 Å². The van der Waals surface area contributed by atoms with Crippen molar-refractivity contribution in [2.75, 3.05) is 19.7 Å². The van der Waals surface area contributed by atoms with E-state index in [4.69, 9.17) is 4.74 Å². The van der Waals surface area contributed by atoms with Crippen molar-refractivity contribution in [3.05, 3.63) is 63.6 Å². The predicted molar refractivity (Wildman–Crippen MR) is 105 cm³/mol. The molecule has 0 saturated carbocycles. The lowest BCUT2D eigenvalue weighted by Crippen LogP contribution is -2.32. The van der Waals surface area contributed by atoms with E-state index in [0.717, 1.165) is 47.4 Å². The van der Waals surface area contributed by atoms with Gasteiger partial charge in [0.05, 0.1) is 12.6 Å². The average molecular weight is 415 g/mol. The molecule has 2 aromatic rings. The molecule has 1 fully saturated rings. The van der Waals surface area contributed by atoms with Crippen LogP contribution in [0, 0.1) is 0 Å². The van der Waals surface area contributed by atoms with Gasteiger partial charge in [-0.05, 0) is 61.8 Å². The Kier molecular flexibility index (Phi) is 5.27. The van der Waals surface area contributed by atoms with Crippen LogP contribution in [0.25, 0.3) is 0 Å². The standard InChI is InChI=1S/C21H23BrN2O2/c22-17-6-7-20-18(13-17)19(8-11-26-20)23-21(25)16-5-3-4-15(12-16)14-24-9-1-2-10-24/h3-7,12-13,19H,1-2,8-11,14H2,(H,23,25). The van der Waals surface area contributed by atoms with E-state index in [1.807, 2.05) is 36.4 Å². The fraction of sp³-hybridized carbons (Fsp3) is 0.381. The van der Waals surface area contributed by atoms with Crippen LogP contribution in [0.3, 0.4) is 0 Å². The lowest BCUT2D eigenvalue weighted by molar-refractivity contribution is 0.0924. The molecule has 2 heterocycles. The minimum atomic E-state index is -0.0222. The number of fused-ring (bicyclic) bond motifs is 1. The number of benzene rings is 2. The molecule has 0 spiro atoms. The van der Waals surface area contributed by atoms with Crippen molar-refractivity contribution < 1.29 is 9.53 Å². The molecule has 2 aliphatic heterocycles. The number of amides is 1. The van der Waals surface area contributed by atoms with Gasteiger partial charge < -0.3 is 10.1 Å². The molecule has 5 heteroatoms. The van der Waals surface area contributed by atoms with Crippen molar-refractivity contribution in [1.82, 2.24) is 10.2 Å². The predicted octanol–water partition coefficient (Wildman–Crippen LogP) is 4.30. The summed E-state index contributed by atoms with van der Waals surface area (Å²) in [6.07, 6.45) is 3.33. The summed E-state index contributed by atoms with van der Waals surface area (Å²) in [6, 6.07) is 13.9. The highest BCUT2D eigenvalue weighted by atomic mass is 79.9. The van der Waals surface area contributed by atoms with Crippen LogP contribution < -0.4 is 10.1 Å². The lowest BCUT2D eigenvalue weighted by Gasteiger charge is -2.27. The van der Waals surface area contributed by atoms with E-state index in [1.54, 1.807) is 0 Å². The number of ether oxygens (including phenoxy) is 1. The van der Waals surface area contributed by atoms with Gasteiger partial charge in [0.2, 0.25) is 0 Å². The molecule has 1 atom stereocenters. The number of carbonyl (C=O) groups excluding carboxylic acids is 1. The Morgan fingerprint density at radius 3 is 2.88 bits per heavy atom. The van der Waals surface area contributed by atoms with Gasteiger partial charge in [0.15, 0.2) is 0 Å².